The molecule has 0 bridgehead atoms. The fourth-order valence-electron chi connectivity index (χ4n) is 3.40. The molecule has 8 heteroatoms. The number of nitrogens with zero attached hydrogens (tertiary/aromatic N) is 2. The Balaban J connectivity index is 1.56. The van der Waals surface area contributed by atoms with Crippen molar-refractivity contribution in [3.05, 3.63) is 65.7 Å². The number of carbonyl (C=O) groups is 2. The molecule has 1 saturated heterocycles. The predicted molar refractivity (Wildman–Crippen MR) is 116 cm³/mol. The Hall–Kier alpha value is -2.71. The lowest BCUT2D eigenvalue weighted by molar-refractivity contribution is -0.129. The van der Waals surface area contributed by atoms with Crippen LogP contribution in [0.15, 0.2) is 54.6 Å². The van der Waals surface area contributed by atoms with E-state index in [-0.39, 0.29) is 19.0 Å². The van der Waals surface area contributed by atoms with Crippen molar-refractivity contribution in [2.24, 2.45) is 0 Å². The van der Waals surface area contributed by atoms with E-state index in [1.54, 1.807) is 12.1 Å². The number of hydrogen-bond acceptors (Lipinski definition) is 4. The van der Waals surface area contributed by atoms with Gasteiger partial charge in [-0.25, -0.2) is 8.42 Å². The fraction of sp³-hybridized carbons (Fsp3) is 0.364. The first-order valence-corrected chi connectivity index (χ1v) is 11.8. The van der Waals surface area contributed by atoms with E-state index in [0.29, 0.717) is 12.1 Å². The predicted octanol–water partition coefficient (Wildman–Crippen LogP) is 2.25. The molecule has 2 aromatic carbocycles. The molecule has 1 fully saturated rings. The number of carbonyl (C=O) groups excluding carboxylic acids is 2. The summed E-state index contributed by atoms with van der Waals surface area (Å²) in [6.45, 7) is 1.51. The van der Waals surface area contributed by atoms with E-state index in [0.717, 1.165) is 47.6 Å². The Morgan fingerprint density at radius 1 is 0.967 bits per heavy atom. The topological polar surface area (TPSA) is 86.8 Å². The molecule has 2 amide bonds. The second-order valence-electron chi connectivity index (χ2n) is 7.53. The molecule has 160 valence electrons. The average molecular weight is 430 g/mol. The first-order chi connectivity index (χ1) is 14.3. The van der Waals surface area contributed by atoms with Crippen LogP contribution >= 0.6 is 0 Å². The van der Waals surface area contributed by atoms with Gasteiger partial charge in [-0.15, -0.1) is 0 Å². The number of nitrogens with one attached hydrogen (secondary N) is 1. The molecule has 0 spiro atoms. The summed E-state index contributed by atoms with van der Waals surface area (Å²) in [6, 6.07) is 16.2. The molecule has 1 aliphatic heterocycles. The van der Waals surface area contributed by atoms with Gasteiger partial charge < -0.3 is 10.2 Å². The Morgan fingerprint density at radius 3 is 2.20 bits per heavy atom. The maximum Gasteiger partial charge on any atom is 0.239 e. The Bertz CT molecular complexity index is 969. The first kappa shape index (κ1) is 22.0. The normalized spacial score (nSPS) is 14.1. The fourth-order valence-corrected chi connectivity index (χ4v) is 4.13. The molecule has 0 saturated carbocycles. The quantitative estimate of drug-likeness (QED) is 0.697. The third-order valence-corrected chi connectivity index (χ3v) is 6.24. The van der Waals surface area contributed by atoms with E-state index >= 15 is 0 Å². The molecular formula is C22H27N3O4S. The molecule has 3 rings (SSSR count). The number of likely N-dealkylation sites (tertiary alicyclic amines) is 1. The van der Waals surface area contributed by atoms with Gasteiger partial charge in [-0.3, -0.25) is 9.59 Å². The summed E-state index contributed by atoms with van der Waals surface area (Å²) < 4.78 is 25.3. The SMILES string of the molecule is CS(=O)(=O)N(CC(=O)Nc1ccc(CC(=O)N2CCCC2)cc1)Cc1ccccc1. The van der Waals surface area contributed by atoms with Gasteiger partial charge in [-0.1, -0.05) is 42.5 Å². The highest BCUT2D eigenvalue weighted by atomic mass is 32.2. The lowest BCUT2D eigenvalue weighted by atomic mass is 10.1. The molecule has 0 aromatic heterocycles. The van der Waals surface area contributed by atoms with Gasteiger partial charge in [0.1, 0.15) is 0 Å². The van der Waals surface area contributed by atoms with Crippen LogP contribution in [0.2, 0.25) is 0 Å². The van der Waals surface area contributed by atoms with Gasteiger partial charge in [0.25, 0.3) is 0 Å². The zero-order valence-electron chi connectivity index (χ0n) is 17.1. The van der Waals surface area contributed by atoms with Crippen molar-refractivity contribution in [2.75, 3.05) is 31.2 Å². The van der Waals surface area contributed by atoms with Crippen LogP contribution in [-0.4, -0.2) is 55.3 Å². The van der Waals surface area contributed by atoms with Crippen LogP contribution in [0.3, 0.4) is 0 Å². The first-order valence-electron chi connectivity index (χ1n) is 9.97. The third kappa shape index (κ3) is 6.40. The molecule has 0 radical (unpaired) electrons. The Kier molecular flexibility index (Phi) is 7.23. The minimum absolute atomic E-state index is 0.119. The molecule has 0 aliphatic carbocycles. The lowest BCUT2D eigenvalue weighted by Gasteiger charge is -2.19. The lowest BCUT2D eigenvalue weighted by Crippen LogP contribution is -2.36. The highest BCUT2D eigenvalue weighted by molar-refractivity contribution is 7.88. The van der Waals surface area contributed by atoms with Gasteiger partial charge in [0.05, 0.1) is 19.2 Å². The summed E-state index contributed by atoms with van der Waals surface area (Å²) in [6.07, 6.45) is 3.56. The zero-order chi connectivity index (χ0) is 21.6. The monoisotopic (exact) mass is 429 g/mol. The molecule has 7 nitrogen and oxygen atoms in total. The number of sulfonamides is 1. The van der Waals surface area contributed by atoms with Crippen molar-refractivity contribution in [3.8, 4) is 0 Å². The Morgan fingerprint density at radius 2 is 1.60 bits per heavy atom. The molecule has 30 heavy (non-hydrogen) atoms. The number of rotatable bonds is 8. The van der Waals surface area contributed by atoms with E-state index in [1.807, 2.05) is 47.4 Å². The van der Waals surface area contributed by atoms with Crippen molar-refractivity contribution in [1.29, 1.82) is 0 Å². The summed E-state index contributed by atoms with van der Waals surface area (Å²) in [5.41, 5.74) is 2.25. The smallest absolute Gasteiger partial charge is 0.239 e. The number of benzene rings is 2. The van der Waals surface area contributed by atoms with E-state index in [9.17, 15) is 18.0 Å². The largest absolute Gasteiger partial charge is 0.342 e. The van der Waals surface area contributed by atoms with Crippen LogP contribution in [0.1, 0.15) is 24.0 Å². The van der Waals surface area contributed by atoms with Gasteiger partial charge in [0.2, 0.25) is 21.8 Å². The van der Waals surface area contributed by atoms with Crippen molar-refractivity contribution in [1.82, 2.24) is 9.21 Å². The average Bonchev–Trinajstić information content (AvgIpc) is 3.24. The van der Waals surface area contributed by atoms with E-state index in [4.69, 9.17) is 0 Å². The van der Waals surface area contributed by atoms with Crippen LogP contribution in [0.4, 0.5) is 5.69 Å². The minimum Gasteiger partial charge on any atom is -0.342 e. The van der Waals surface area contributed by atoms with Crippen molar-refractivity contribution < 1.29 is 18.0 Å². The van der Waals surface area contributed by atoms with Gasteiger partial charge in [0.15, 0.2) is 0 Å². The van der Waals surface area contributed by atoms with Gasteiger partial charge in [0, 0.05) is 25.3 Å². The number of amides is 2. The van der Waals surface area contributed by atoms with Crippen LogP contribution < -0.4 is 5.32 Å². The van der Waals surface area contributed by atoms with Crippen LogP contribution in [0.5, 0.6) is 0 Å². The molecule has 0 atom stereocenters. The van der Waals surface area contributed by atoms with Gasteiger partial charge in [-0.2, -0.15) is 4.31 Å². The zero-order valence-corrected chi connectivity index (χ0v) is 17.9. The molecule has 0 unspecified atom stereocenters. The Labute approximate surface area is 177 Å². The van der Waals surface area contributed by atoms with Crippen LogP contribution in [0.25, 0.3) is 0 Å². The molecular weight excluding hydrogens is 402 g/mol. The maximum absolute atomic E-state index is 12.4. The highest BCUT2D eigenvalue weighted by Crippen LogP contribution is 2.14. The summed E-state index contributed by atoms with van der Waals surface area (Å²) in [4.78, 5) is 26.5. The molecule has 1 N–H and O–H groups in total. The second kappa shape index (κ2) is 9.86. The highest BCUT2D eigenvalue weighted by Gasteiger charge is 2.21. The minimum atomic E-state index is -3.55. The van der Waals surface area contributed by atoms with Crippen molar-refractivity contribution in [2.45, 2.75) is 25.8 Å². The maximum atomic E-state index is 12.4. The second-order valence-corrected chi connectivity index (χ2v) is 9.51. The number of hydrogen-bond donors (Lipinski definition) is 1. The summed E-state index contributed by atoms with van der Waals surface area (Å²) in [7, 11) is -3.55. The number of anilines is 1. The third-order valence-electron chi connectivity index (χ3n) is 5.04. The van der Waals surface area contributed by atoms with E-state index < -0.39 is 15.9 Å². The van der Waals surface area contributed by atoms with Crippen molar-refractivity contribution >= 4 is 27.5 Å². The van der Waals surface area contributed by atoms with Crippen LogP contribution in [-0.2, 0) is 32.6 Å². The van der Waals surface area contributed by atoms with Crippen molar-refractivity contribution in [3.63, 3.8) is 0 Å². The standard InChI is InChI=1S/C22H27N3O4S/c1-30(28,29)25(16-19-7-3-2-4-8-19)17-21(26)23-20-11-9-18(10-12-20)15-22(27)24-13-5-6-14-24/h2-4,7-12H,5-6,13-17H2,1H3,(H,23,26). The summed E-state index contributed by atoms with van der Waals surface area (Å²) in [5, 5.41) is 2.73. The van der Waals surface area contributed by atoms with Crippen LogP contribution in [0, 0.1) is 0 Å². The summed E-state index contributed by atoms with van der Waals surface area (Å²) in [5.74, 6) is -0.300. The van der Waals surface area contributed by atoms with E-state index in [2.05, 4.69) is 5.32 Å². The molecule has 2 aromatic rings. The van der Waals surface area contributed by atoms with E-state index in [1.165, 1.54) is 0 Å². The van der Waals surface area contributed by atoms with Gasteiger partial charge >= 0.3 is 0 Å². The van der Waals surface area contributed by atoms with Gasteiger partial charge in [-0.05, 0) is 36.1 Å². The summed E-state index contributed by atoms with van der Waals surface area (Å²) >= 11 is 0. The molecule has 1 aliphatic rings. The molecule has 1 heterocycles.